The van der Waals surface area contributed by atoms with Gasteiger partial charge in [0.25, 0.3) is 0 Å². The first-order chi connectivity index (χ1) is 17.9. The van der Waals surface area contributed by atoms with E-state index in [1.165, 1.54) is 6.08 Å². The molecule has 1 atom stereocenters. The van der Waals surface area contributed by atoms with Crippen molar-refractivity contribution in [2.24, 2.45) is 0 Å². The Labute approximate surface area is 217 Å². The van der Waals surface area contributed by atoms with Gasteiger partial charge in [-0.05, 0) is 49.6 Å². The van der Waals surface area contributed by atoms with Crippen LogP contribution in [-0.2, 0) is 15.1 Å². The van der Waals surface area contributed by atoms with E-state index in [4.69, 9.17) is 9.47 Å². The maximum absolute atomic E-state index is 11.8. The number of pyridine rings is 1. The van der Waals surface area contributed by atoms with Crippen LogP contribution in [0.15, 0.2) is 43.1 Å². The Morgan fingerprint density at radius 2 is 1.95 bits per heavy atom. The zero-order valence-electron chi connectivity index (χ0n) is 21.4. The van der Waals surface area contributed by atoms with Crippen LogP contribution in [-0.4, -0.2) is 84.3 Å². The Bertz CT molecular complexity index is 1180. The van der Waals surface area contributed by atoms with E-state index >= 15 is 0 Å². The highest BCUT2D eigenvalue weighted by molar-refractivity contribution is 5.87. The molecule has 4 aliphatic heterocycles. The molecule has 1 aromatic heterocycles. The number of aromatic nitrogens is 1. The van der Waals surface area contributed by atoms with Crippen molar-refractivity contribution in [3.05, 3.63) is 54.2 Å². The molecule has 196 valence electrons. The molecule has 37 heavy (non-hydrogen) atoms. The zero-order chi connectivity index (χ0) is 25.6. The second-order valence-corrected chi connectivity index (χ2v) is 10.5. The number of aliphatic hydroxyl groups is 1. The number of nitrogens with zero attached hydrogens (tertiary/aromatic N) is 4. The van der Waals surface area contributed by atoms with Gasteiger partial charge in [-0.1, -0.05) is 12.6 Å². The molecule has 9 heteroatoms. The second kappa shape index (κ2) is 9.63. The standard InChI is InChI=1S/C28H35N5O4/c1-3-25(34)33-17-21(18-33)31-10-7-28(35,8-11-31)20-4-5-24-22(16-20)30-27-26(19(2)37-24)23(6-9-29-27)32-12-14-36-15-13-32/h3-6,9,16,19,21,35H,1,7-8,10-15,17-18H2,2H3,(H,29,30). The van der Waals surface area contributed by atoms with E-state index in [2.05, 4.69) is 39.7 Å². The molecule has 5 heterocycles. The minimum absolute atomic E-state index is 0.00749. The van der Waals surface area contributed by atoms with E-state index in [1.54, 1.807) is 0 Å². The lowest BCUT2D eigenvalue weighted by molar-refractivity contribution is -0.135. The largest absolute Gasteiger partial charge is 0.484 e. The number of rotatable bonds is 4. The molecule has 1 unspecified atom stereocenters. The van der Waals surface area contributed by atoms with E-state index in [0.717, 1.165) is 73.3 Å². The highest BCUT2D eigenvalue weighted by Gasteiger charge is 2.40. The summed E-state index contributed by atoms with van der Waals surface area (Å²) in [6, 6.07) is 8.38. The van der Waals surface area contributed by atoms with Crippen molar-refractivity contribution >= 4 is 23.1 Å². The number of ether oxygens (including phenoxy) is 2. The number of piperidine rings is 1. The smallest absolute Gasteiger partial charge is 0.246 e. The second-order valence-electron chi connectivity index (χ2n) is 10.5. The Morgan fingerprint density at radius 1 is 1.19 bits per heavy atom. The number of anilines is 3. The highest BCUT2D eigenvalue weighted by atomic mass is 16.5. The summed E-state index contributed by atoms with van der Waals surface area (Å²) in [5, 5.41) is 15.2. The molecular weight excluding hydrogens is 470 g/mol. The number of amides is 1. The molecular formula is C28H35N5O4. The number of likely N-dealkylation sites (tertiary alicyclic amines) is 2. The third-order valence-electron chi connectivity index (χ3n) is 8.29. The van der Waals surface area contributed by atoms with Crippen molar-refractivity contribution in [1.29, 1.82) is 0 Å². The number of hydrogen-bond donors (Lipinski definition) is 2. The van der Waals surface area contributed by atoms with Gasteiger partial charge in [-0.2, -0.15) is 0 Å². The predicted molar refractivity (Wildman–Crippen MR) is 141 cm³/mol. The van der Waals surface area contributed by atoms with Crippen LogP contribution in [0.4, 0.5) is 17.2 Å². The fraction of sp³-hybridized carbons (Fsp3) is 0.500. The van der Waals surface area contributed by atoms with Crippen LogP contribution in [0.25, 0.3) is 0 Å². The first kappa shape index (κ1) is 24.2. The fourth-order valence-electron chi connectivity index (χ4n) is 5.98. The lowest BCUT2D eigenvalue weighted by Gasteiger charge is -2.49. The molecule has 0 bridgehead atoms. The van der Waals surface area contributed by atoms with Gasteiger partial charge >= 0.3 is 0 Å². The summed E-state index contributed by atoms with van der Waals surface area (Å²) in [7, 11) is 0. The molecule has 2 aromatic rings. The lowest BCUT2D eigenvalue weighted by atomic mass is 9.83. The fourth-order valence-corrected chi connectivity index (χ4v) is 5.98. The Kier molecular flexibility index (Phi) is 6.30. The average molecular weight is 506 g/mol. The van der Waals surface area contributed by atoms with Crippen LogP contribution in [0.1, 0.15) is 37.0 Å². The maximum Gasteiger partial charge on any atom is 0.246 e. The van der Waals surface area contributed by atoms with Crippen LogP contribution < -0.4 is 15.0 Å². The van der Waals surface area contributed by atoms with Gasteiger partial charge in [0, 0.05) is 57.2 Å². The van der Waals surface area contributed by atoms with Crippen LogP contribution in [0.2, 0.25) is 0 Å². The van der Waals surface area contributed by atoms with Gasteiger partial charge in [-0.25, -0.2) is 4.98 Å². The third kappa shape index (κ3) is 4.45. The van der Waals surface area contributed by atoms with Crippen LogP contribution >= 0.6 is 0 Å². The summed E-state index contributed by atoms with van der Waals surface area (Å²) in [6.07, 6.45) is 4.32. The molecule has 4 aliphatic rings. The number of fused-ring (bicyclic) bond motifs is 2. The van der Waals surface area contributed by atoms with Crippen molar-refractivity contribution in [2.45, 2.75) is 37.5 Å². The molecule has 9 nitrogen and oxygen atoms in total. The van der Waals surface area contributed by atoms with E-state index < -0.39 is 5.60 Å². The van der Waals surface area contributed by atoms with Gasteiger partial charge < -0.3 is 29.7 Å². The van der Waals surface area contributed by atoms with Crippen LogP contribution in [0, 0.1) is 0 Å². The number of nitrogens with one attached hydrogen (secondary N) is 1. The van der Waals surface area contributed by atoms with Gasteiger partial charge in [-0.15, -0.1) is 0 Å². The first-order valence-corrected chi connectivity index (χ1v) is 13.2. The normalized spacial score (nSPS) is 23.6. The molecule has 1 amide bonds. The van der Waals surface area contributed by atoms with Crippen molar-refractivity contribution < 1.29 is 19.4 Å². The molecule has 0 radical (unpaired) electrons. The average Bonchev–Trinajstić information content (AvgIpc) is 3.04. The summed E-state index contributed by atoms with van der Waals surface area (Å²) in [5.41, 5.74) is 2.97. The molecule has 1 aromatic carbocycles. The number of carbonyl (C=O) groups excluding carboxylic acids is 1. The Morgan fingerprint density at radius 3 is 2.68 bits per heavy atom. The summed E-state index contributed by atoms with van der Waals surface area (Å²) >= 11 is 0. The van der Waals surface area contributed by atoms with Gasteiger partial charge in [-0.3, -0.25) is 9.69 Å². The molecule has 0 saturated carbocycles. The maximum atomic E-state index is 11.8. The predicted octanol–water partition coefficient (Wildman–Crippen LogP) is 2.80. The summed E-state index contributed by atoms with van der Waals surface area (Å²) in [4.78, 5) is 23.0. The molecule has 6 rings (SSSR count). The van der Waals surface area contributed by atoms with Crippen molar-refractivity contribution in [2.75, 3.05) is 62.7 Å². The number of hydrogen-bond acceptors (Lipinski definition) is 8. The van der Waals surface area contributed by atoms with Gasteiger partial charge in [0.05, 0.1) is 30.1 Å². The van der Waals surface area contributed by atoms with Gasteiger partial charge in [0.1, 0.15) is 17.7 Å². The number of morpholine rings is 1. The molecule has 3 fully saturated rings. The molecule has 3 saturated heterocycles. The summed E-state index contributed by atoms with van der Waals surface area (Å²) in [6.45, 7) is 11.8. The van der Waals surface area contributed by atoms with E-state index in [0.29, 0.717) is 32.1 Å². The first-order valence-electron chi connectivity index (χ1n) is 13.2. The van der Waals surface area contributed by atoms with Gasteiger partial charge in [0.15, 0.2) is 0 Å². The molecule has 0 spiro atoms. The SMILES string of the molecule is C=CC(=O)N1CC(N2CCC(O)(c3ccc4c(c3)Nc3nccc(N5CCOCC5)c3C(C)O4)CC2)C1. The Hall–Kier alpha value is -3.14. The van der Waals surface area contributed by atoms with Gasteiger partial charge in [0.2, 0.25) is 5.91 Å². The van der Waals surface area contributed by atoms with E-state index in [-0.39, 0.29) is 12.0 Å². The topological polar surface area (TPSA) is 90.4 Å². The third-order valence-corrected chi connectivity index (χ3v) is 8.29. The van der Waals surface area contributed by atoms with Crippen LogP contribution in [0.5, 0.6) is 5.75 Å². The van der Waals surface area contributed by atoms with Crippen molar-refractivity contribution in [3.8, 4) is 5.75 Å². The minimum atomic E-state index is -0.905. The summed E-state index contributed by atoms with van der Waals surface area (Å²) < 4.78 is 12.0. The number of benzene rings is 1. The zero-order valence-corrected chi connectivity index (χ0v) is 21.4. The lowest BCUT2D eigenvalue weighted by Crippen LogP contribution is -2.62. The number of carbonyl (C=O) groups is 1. The highest BCUT2D eigenvalue weighted by Crippen LogP contribution is 2.44. The molecule has 2 N–H and O–H groups in total. The summed E-state index contributed by atoms with van der Waals surface area (Å²) in [5.74, 6) is 1.54. The van der Waals surface area contributed by atoms with Crippen molar-refractivity contribution in [1.82, 2.24) is 14.8 Å². The van der Waals surface area contributed by atoms with E-state index in [9.17, 15) is 9.90 Å². The monoisotopic (exact) mass is 505 g/mol. The van der Waals surface area contributed by atoms with Crippen molar-refractivity contribution in [3.63, 3.8) is 0 Å². The Balaban J connectivity index is 1.19. The quantitative estimate of drug-likeness (QED) is 0.614. The van der Waals surface area contributed by atoms with E-state index in [1.807, 2.05) is 29.3 Å². The van der Waals surface area contributed by atoms with Crippen LogP contribution in [0.3, 0.4) is 0 Å². The molecule has 0 aliphatic carbocycles. The minimum Gasteiger partial charge on any atom is -0.484 e.